The van der Waals surface area contributed by atoms with Crippen LogP contribution in [0.2, 0.25) is 0 Å². The summed E-state index contributed by atoms with van der Waals surface area (Å²) in [6.45, 7) is 8.39. The lowest BCUT2D eigenvalue weighted by atomic mass is 10.2. The first kappa shape index (κ1) is 16.4. The summed E-state index contributed by atoms with van der Waals surface area (Å²) in [5.74, 6) is 0. The molecule has 120 valence electrons. The molecule has 0 unspecified atom stereocenters. The van der Waals surface area contributed by atoms with Crippen molar-refractivity contribution in [2.24, 2.45) is 0 Å². The SMILES string of the molecule is Cc1[nH]nc(S(=O)(=O)NN2CCOCC2)c1CNC(C)C. The van der Waals surface area contributed by atoms with Gasteiger partial charge in [-0.2, -0.15) is 5.10 Å². The topological polar surface area (TPSA) is 99.3 Å². The Labute approximate surface area is 125 Å². The molecular formula is C12H23N5O3S. The van der Waals surface area contributed by atoms with Crippen molar-refractivity contribution < 1.29 is 13.2 Å². The molecule has 21 heavy (non-hydrogen) atoms. The zero-order valence-electron chi connectivity index (χ0n) is 12.6. The highest BCUT2D eigenvalue weighted by molar-refractivity contribution is 7.89. The van der Waals surface area contributed by atoms with Gasteiger partial charge in [0.05, 0.1) is 13.2 Å². The number of aromatic amines is 1. The van der Waals surface area contributed by atoms with E-state index < -0.39 is 10.0 Å². The van der Waals surface area contributed by atoms with Crippen molar-refractivity contribution in [3.63, 3.8) is 0 Å². The standard InChI is InChI=1S/C12H23N5O3S/c1-9(2)13-8-11-10(3)14-15-12(11)21(18,19)16-17-4-6-20-7-5-17/h9,13,16H,4-8H2,1-3H3,(H,14,15). The van der Waals surface area contributed by atoms with Crippen LogP contribution in [-0.4, -0.2) is 56.0 Å². The lowest BCUT2D eigenvalue weighted by molar-refractivity contribution is 0.0272. The first-order valence-electron chi connectivity index (χ1n) is 7.02. The third-order valence-corrected chi connectivity index (χ3v) is 4.58. The van der Waals surface area contributed by atoms with Gasteiger partial charge in [0.1, 0.15) is 0 Å². The van der Waals surface area contributed by atoms with Crippen LogP contribution in [0.1, 0.15) is 25.1 Å². The van der Waals surface area contributed by atoms with Gasteiger partial charge in [0.2, 0.25) is 0 Å². The number of morpholine rings is 1. The van der Waals surface area contributed by atoms with E-state index in [9.17, 15) is 8.42 Å². The molecule has 0 atom stereocenters. The Hall–Kier alpha value is -1.00. The number of aromatic nitrogens is 2. The summed E-state index contributed by atoms with van der Waals surface area (Å²) in [5, 5.41) is 11.6. The molecule has 0 aromatic carbocycles. The average molecular weight is 317 g/mol. The van der Waals surface area contributed by atoms with E-state index in [1.807, 2.05) is 20.8 Å². The van der Waals surface area contributed by atoms with Gasteiger partial charge >= 0.3 is 0 Å². The van der Waals surface area contributed by atoms with Crippen molar-refractivity contribution in [2.45, 2.75) is 38.4 Å². The van der Waals surface area contributed by atoms with Gasteiger partial charge in [-0.15, -0.1) is 4.83 Å². The fourth-order valence-corrected chi connectivity index (χ4v) is 3.36. The largest absolute Gasteiger partial charge is 0.379 e. The Morgan fingerprint density at radius 2 is 2.05 bits per heavy atom. The van der Waals surface area contributed by atoms with Crippen LogP contribution < -0.4 is 10.1 Å². The highest BCUT2D eigenvalue weighted by atomic mass is 32.2. The lowest BCUT2D eigenvalue weighted by Crippen LogP contribution is -2.48. The minimum absolute atomic E-state index is 0.0552. The molecule has 0 amide bonds. The Balaban J connectivity index is 2.15. The normalized spacial score (nSPS) is 17.5. The third kappa shape index (κ3) is 4.24. The summed E-state index contributed by atoms with van der Waals surface area (Å²) in [6.07, 6.45) is 0. The second-order valence-electron chi connectivity index (χ2n) is 5.36. The van der Waals surface area contributed by atoms with E-state index in [0.717, 1.165) is 5.69 Å². The molecule has 3 N–H and O–H groups in total. The van der Waals surface area contributed by atoms with E-state index in [0.29, 0.717) is 38.4 Å². The average Bonchev–Trinajstić information content (AvgIpc) is 2.79. The van der Waals surface area contributed by atoms with E-state index in [1.165, 1.54) is 0 Å². The van der Waals surface area contributed by atoms with Crippen molar-refractivity contribution in [1.29, 1.82) is 0 Å². The van der Waals surface area contributed by atoms with Gasteiger partial charge in [-0.3, -0.25) is 5.10 Å². The number of hydrogen-bond acceptors (Lipinski definition) is 6. The maximum absolute atomic E-state index is 12.5. The predicted molar refractivity (Wildman–Crippen MR) is 78.0 cm³/mol. The molecule has 0 aliphatic carbocycles. The van der Waals surface area contributed by atoms with Crippen LogP contribution in [0.25, 0.3) is 0 Å². The summed E-state index contributed by atoms with van der Waals surface area (Å²) in [7, 11) is -3.68. The number of ether oxygens (including phenoxy) is 1. The summed E-state index contributed by atoms with van der Waals surface area (Å²) < 4.78 is 30.2. The number of nitrogens with one attached hydrogen (secondary N) is 3. The number of rotatable bonds is 6. The van der Waals surface area contributed by atoms with E-state index in [4.69, 9.17) is 4.74 Å². The zero-order valence-corrected chi connectivity index (χ0v) is 13.5. The van der Waals surface area contributed by atoms with Crippen LogP contribution >= 0.6 is 0 Å². The minimum Gasteiger partial charge on any atom is -0.379 e. The van der Waals surface area contributed by atoms with Gasteiger partial charge < -0.3 is 10.1 Å². The molecule has 1 aliphatic rings. The molecule has 1 aliphatic heterocycles. The van der Waals surface area contributed by atoms with E-state index in [1.54, 1.807) is 5.01 Å². The molecule has 1 aromatic rings. The molecular weight excluding hydrogens is 294 g/mol. The Morgan fingerprint density at radius 3 is 2.67 bits per heavy atom. The van der Waals surface area contributed by atoms with Gasteiger partial charge in [-0.05, 0) is 6.92 Å². The fourth-order valence-electron chi connectivity index (χ4n) is 2.03. The van der Waals surface area contributed by atoms with Crippen LogP contribution in [0.3, 0.4) is 0 Å². The first-order valence-corrected chi connectivity index (χ1v) is 8.51. The maximum Gasteiger partial charge on any atom is 0.273 e. The second kappa shape index (κ2) is 6.84. The molecule has 0 spiro atoms. The Kier molecular flexibility index (Phi) is 5.33. The van der Waals surface area contributed by atoms with Gasteiger partial charge in [0.25, 0.3) is 10.0 Å². The summed E-state index contributed by atoms with van der Waals surface area (Å²) in [5.41, 5.74) is 1.43. The van der Waals surface area contributed by atoms with E-state index in [2.05, 4.69) is 20.3 Å². The lowest BCUT2D eigenvalue weighted by Gasteiger charge is -2.26. The number of nitrogens with zero attached hydrogens (tertiary/aromatic N) is 2. The van der Waals surface area contributed by atoms with Crippen molar-refractivity contribution in [1.82, 2.24) is 25.4 Å². The van der Waals surface area contributed by atoms with Crippen LogP contribution in [0, 0.1) is 6.92 Å². The van der Waals surface area contributed by atoms with Gasteiger partial charge in [-0.25, -0.2) is 13.4 Å². The number of hydrogen-bond donors (Lipinski definition) is 3. The second-order valence-corrected chi connectivity index (χ2v) is 6.94. The number of sulfonamides is 1. The highest BCUT2D eigenvalue weighted by Gasteiger charge is 2.26. The molecule has 2 heterocycles. The van der Waals surface area contributed by atoms with Gasteiger partial charge in [-0.1, -0.05) is 13.8 Å². The maximum atomic E-state index is 12.5. The van der Waals surface area contributed by atoms with Crippen LogP contribution in [0.5, 0.6) is 0 Å². The third-order valence-electron chi connectivity index (χ3n) is 3.24. The van der Waals surface area contributed by atoms with Gasteiger partial charge in [0, 0.05) is 36.9 Å². The van der Waals surface area contributed by atoms with Crippen LogP contribution in [-0.2, 0) is 21.3 Å². The molecule has 8 nitrogen and oxygen atoms in total. The smallest absolute Gasteiger partial charge is 0.273 e. The molecule has 0 bridgehead atoms. The number of hydrazine groups is 1. The fraction of sp³-hybridized carbons (Fsp3) is 0.750. The molecule has 1 fully saturated rings. The zero-order chi connectivity index (χ0) is 15.5. The van der Waals surface area contributed by atoms with Crippen molar-refractivity contribution in [3.05, 3.63) is 11.3 Å². The monoisotopic (exact) mass is 317 g/mol. The summed E-state index contributed by atoms with van der Waals surface area (Å²) in [6, 6.07) is 0.266. The Bertz CT molecular complexity index is 563. The van der Waals surface area contributed by atoms with Crippen LogP contribution in [0.4, 0.5) is 0 Å². The van der Waals surface area contributed by atoms with E-state index >= 15 is 0 Å². The van der Waals surface area contributed by atoms with Gasteiger partial charge in [0.15, 0.2) is 5.03 Å². The molecule has 1 saturated heterocycles. The molecule has 0 radical (unpaired) electrons. The minimum atomic E-state index is -3.68. The molecule has 9 heteroatoms. The van der Waals surface area contributed by atoms with Crippen molar-refractivity contribution in [2.75, 3.05) is 26.3 Å². The summed E-state index contributed by atoms with van der Waals surface area (Å²) in [4.78, 5) is 2.57. The number of H-pyrrole nitrogens is 1. The highest BCUT2D eigenvalue weighted by Crippen LogP contribution is 2.16. The molecule has 1 aromatic heterocycles. The van der Waals surface area contributed by atoms with Crippen LogP contribution in [0.15, 0.2) is 5.03 Å². The van der Waals surface area contributed by atoms with Crippen molar-refractivity contribution >= 4 is 10.0 Å². The van der Waals surface area contributed by atoms with E-state index in [-0.39, 0.29) is 11.1 Å². The first-order chi connectivity index (χ1) is 9.90. The Morgan fingerprint density at radius 1 is 1.38 bits per heavy atom. The number of aryl methyl sites for hydroxylation is 1. The molecule has 2 rings (SSSR count). The predicted octanol–water partition coefficient (Wildman–Crippen LogP) is -0.258. The molecule has 0 saturated carbocycles. The summed E-state index contributed by atoms with van der Waals surface area (Å²) >= 11 is 0. The van der Waals surface area contributed by atoms with Crippen molar-refractivity contribution in [3.8, 4) is 0 Å². The quantitative estimate of drug-likeness (QED) is 0.669.